The number of benzene rings is 3. The van der Waals surface area contributed by atoms with E-state index >= 15 is 0 Å². The van der Waals surface area contributed by atoms with E-state index in [1.54, 1.807) is 36.5 Å². The van der Waals surface area contributed by atoms with Crippen molar-refractivity contribution in [2.24, 2.45) is 0 Å². The number of rotatable bonds is 6. The highest BCUT2D eigenvalue weighted by molar-refractivity contribution is 6.07. The largest absolute Gasteiger partial charge is 0.496 e. The average molecular weight is 394 g/mol. The van der Waals surface area contributed by atoms with Crippen LogP contribution in [0.1, 0.15) is 15.9 Å². The summed E-state index contributed by atoms with van der Waals surface area (Å²) in [5.74, 6) is 0.430. The molecule has 0 aliphatic carbocycles. The van der Waals surface area contributed by atoms with Crippen LogP contribution in [0.15, 0.2) is 103 Å². The molecule has 0 fully saturated rings. The standard InChI is InChI=1S/C26H22N2O2/c1-30-25-14-8-7-13-24(25)26(29)28(22-15-17-27-18-16-22)19-21-11-5-6-12-23(21)20-9-3-2-4-10-20/h2-18H,19H2,1H3. The number of hydrogen-bond acceptors (Lipinski definition) is 3. The molecule has 1 heterocycles. The Morgan fingerprint density at radius 1 is 0.833 bits per heavy atom. The summed E-state index contributed by atoms with van der Waals surface area (Å²) in [6.07, 6.45) is 3.39. The van der Waals surface area contributed by atoms with Crippen LogP contribution >= 0.6 is 0 Å². The first-order valence-electron chi connectivity index (χ1n) is 9.76. The topological polar surface area (TPSA) is 42.4 Å². The molecule has 4 heteroatoms. The molecule has 4 aromatic rings. The van der Waals surface area contributed by atoms with Crippen LogP contribution in [0.2, 0.25) is 0 Å². The van der Waals surface area contributed by atoms with Gasteiger partial charge in [-0.15, -0.1) is 0 Å². The van der Waals surface area contributed by atoms with E-state index < -0.39 is 0 Å². The third-order valence-corrected chi connectivity index (χ3v) is 4.99. The number of ether oxygens (including phenoxy) is 1. The van der Waals surface area contributed by atoms with Crippen LogP contribution in [-0.4, -0.2) is 18.0 Å². The number of methoxy groups -OCH3 is 1. The summed E-state index contributed by atoms with van der Waals surface area (Å²) in [4.78, 5) is 19.5. The second-order valence-electron chi connectivity index (χ2n) is 6.82. The van der Waals surface area contributed by atoms with Crippen molar-refractivity contribution >= 4 is 11.6 Å². The Bertz CT molecular complexity index is 1130. The van der Waals surface area contributed by atoms with Crippen LogP contribution < -0.4 is 9.64 Å². The molecule has 4 rings (SSSR count). The van der Waals surface area contributed by atoms with Gasteiger partial charge < -0.3 is 9.64 Å². The second-order valence-corrected chi connectivity index (χ2v) is 6.82. The number of anilines is 1. The van der Waals surface area contributed by atoms with Crippen LogP contribution in [0.3, 0.4) is 0 Å². The lowest BCUT2D eigenvalue weighted by molar-refractivity contribution is 0.0982. The van der Waals surface area contributed by atoms with Crippen molar-refractivity contribution < 1.29 is 9.53 Å². The second kappa shape index (κ2) is 9.05. The molecular formula is C26H22N2O2. The fourth-order valence-electron chi connectivity index (χ4n) is 3.50. The minimum atomic E-state index is -0.124. The highest BCUT2D eigenvalue weighted by Crippen LogP contribution is 2.29. The van der Waals surface area contributed by atoms with Gasteiger partial charge in [0.15, 0.2) is 0 Å². The van der Waals surface area contributed by atoms with E-state index in [9.17, 15) is 4.79 Å². The van der Waals surface area contributed by atoms with Crippen LogP contribution in [-0.2, 0) is 6.54 Å². The summed E-state index contributed by atoms with van der Waals surface area (Å²) in [6, 6.07) is 29.4. The maximum absolute atomic E-state index is 13.6. The van der Waals surface area contributed by atoms with E-state index in [4.69, 9.17) is 4.74 Å². The maximum Gasteiger partial charge on any atom is 0.262 e. The van der Waals surface area contributed by atoms with Gasteiger partial charge in [0.2, 0.25) is 0 Å². The van der Waals surface area contributed by atoms with E-state index in [-0.39, 0.29) is 5.91 Å². The first-order valence-corrected chi connectivity index (χ1v) is 9.76. The Kier molecular flexibility index (Phi) is 5.85. The molecule has 148 valence electrons. The number of para-hydroxylation sites is 1. The van der Waals surface area contributed by atoms with Gasteiger partial charge in [0, 0.05) is 18.1 Å². The Morgan fingerprint density at radius 2 is 1.50 bits per heavy atom. The molecule has 0 saturated heterocycles. The summed E-state index contributed by atoms with van der Waals surface area (Å²) >= 11 is 0. The summed E-state index contributed by atoms with van der Waals surface area (Å²) in [6.45, 7) is 0.423. The third kappa shape index (κ3) is 4.08. The van der Waals surface area contributed by atoms with E-state index in [0.717, 1.165) is 22.4 Å². The number of carbonyl (C=O) groups excluding carboxylic acids is 1. The molecule has 0 saturated carbocycles. The molecular weight excluding hydrogens is 372 g/mol. The number of aromatic nitrogens is 1. The summed E-state index contributed by atoms with van der Waals surface area (Å²) in [5.41, 5.74) is 4.58. The molecule has 1 amide bonds. The molecule has 0 radical (unpaired) electrons. The molecule has 0 spiro atoms. The highest BCUT2D eigenvalue weighted by atomic mass is 16.5. The van der Waals surface area contributed by atoms with Crippen molar-refractivity contribution in [1.29, 1.82) is 0 Å². The molecule has 3 aromatic carbocycles. The van der Waals surface area contributed by atoms with Crippen molar-refractivity contribution in [3.05, 3.63) is 115 Å². The van der Waals surface area contributed by atoms with Gasteiger partial charge in [0.1, 0.15) is 5.75 Å². The van der Waals surface area contributed by atoms with Crippen LogP contribution in [0.5, 0.6) is 5.75 Å². The van der Waals surface area contributed by atoms with E-state index in [2.05, 4.69) is 29.2 Å². The van der Waals surface area contributed by atoms with Gasteiger partial charge >= 0.3 is 0 Å². The lowest BCUT2D eigenvalue weighted by Crippen LogP contribution is -2.31. The number of hydrogen-bond donors (Lipinski definition) is 0. The predicted octanol–water partition coefficient (Wildman–Crippen LogP) is 5.60. The zero-order valence-corrected chi connectivity index (χ0v) is 16.7. The monoisotopic (exact) mass is 394 g/mol. The Morgan fingerprint density at radius 3 is 2.27 bits per heavy atom. The van der Waals surface area contributed by atoms with Gasteiger partial charge in [0.25, 0.3) is 5.91 Å². The van der Waals surface area contributed by atoms with Gasteiger partial charge in [-0.2, -0.15) is 0 Å². The van der Waals surface area contributed by atoms with Crippen molar-refractivity contribution in [2.45, 2.75) is 6.54 Å². The average Bonchev–Trinajstić information content (AvgIpc) is 2.83. The molecule has 0 aliphatic heterocycles. The summed E-state index contributed by atoms with van der Waals surface area (Å²) in [5, 5.41) is 0. The van der Waals surface area contributed by atoms with E-state index in [0.29, 0.717) is 17.9 Å². The Balaban J connectivity index is 1.77. The Hall–Kier alpha value is -3.92. The molecule has 0 aliphatic rings. The lowest BCUT2D eigenvalue weighted by Gasteiger charge is -2.25. The SMILES string of the molecule is COc1ccccc1C(=O)N(Cc1ccccc1-c1ccccc1)c1ccncc1. The van der Waals surface area contributed by atoms with Gasteiger partial charge in [-0.05, 0) is 41.0 Å². The molecule has 0 atom stereocenters. The number of pyridine rings is 1. The van der Waals surface area contributed by atoms with Gasteiger partial charge in [0.05, 0.1) is 19.2 Å². The zero-order chi connectivity index (χ0) is 20.8. The zero-order valence-electron chi connectivity index (χ0n) is 16.7. The number of amides is 1. The minimum absolute atomic E-state index is 0.124. The fraction of sp³-hybridized carbons (Fsp3) is 0.0769. The maximum atomic E-state index is 13.6. The third-order valence-electron chi connectivity index (χ3n) is 4.99. The number of nitrogens with zero attached hydrogens (tertiary/aromatic N) is 2. The van der Waals surface area contributed by atoms with Crippen LogP contribution in [0.4, 0.5) is 5.69 Å². The normalized spacial score (nSPS) is 10.4. The molecule has 1 aromatic heterocycles. The van der Waals surface area contributed by atoms with Crippen molar-refractivity contribution in [3.63, 3.8) is 0 Å². The molecule has 0 N–H and O–H groups in total. The lowest BCUT2D eigenvalue weighted by atomic mass is 9.99. The molecule has 0 bridgehead atoms. The van der Waals surface area contributed by atoms with Crippen LogP contribution in [0, 0.1) is 0 Å². The van der Waals surface area contributed by atoms with Crippen LogP contribution in [0.25, 0.3) is 11.1 Å². The fourth-order valence-corrected chi connectivity index (χ4v) is 3.50. The Labute approximate surface area is 176 Å². The first-order chi connectivity index (χ1) is 14.8. The highest BCUT2D eigenvalue weighted by Gasteiger charge is 2.22. The van der Waals surface area contributed by atoms with Gasteiger partial charge in [-0.1, -0.05) is 66.7 Å². The van der Waals surface area contributed by atoms with Gasteiger partial charge in [-0.3, -0.25) is 9.78 Å². The van der Waals surface area contributed by atoms with Gasteiger partial charge in [-0.25, -0.2) is 0 Å². The van der Waals surface area contributed by atoms with Crippen molar-refractivity contribution in [3.8, 4) is 16.9 Å². The quantitative estimate of drug-likeness (QED) is 0.427. The van der Waals surface area contributed by atoms with E-state index in [1.165, 1.54) is 0 Å². The molecule has 4 nitrogen and oxygen atoms in total. The number of carbonyl (C=O) groups is 1. The van der Waals surface area contributed by atoms with E-state index in [1.807, 2.05) is 54.6 Å². The minimum Gasteiger partial charge on any atom is -0.496 e. The first kappa shape index (κ1) is 19.4. The molecule has 30 heavy (non-hydrogen) atoms. The predicted molar refractivity (Wildman–Crippen MR) is 120 cm³/mol. The van der Waals surface area contributed by atoms with Crippen molar-refractivity contribution in [2.75, 3.05) is 12.0 Å². The summed E-state index contributed by atoms with van der Waals surface area (Å²) < 4.78 is 5.44. The smallest absolute Gasteiger partial charge is 0.262 e. The summed E-state index contributed by atoms with van der Waals surface area (Å²) in [7, 11) is 1.58. The molecule has 0 unspecified atom stereocenters. The van der Waals surface area contributed by atoms with Crippen molar-refractivity contribution in [1.82, 2.24) is 4.98 Å².